The number of nitrogens with two attached hydrogens (primary N) is 1. The van der Waals surface area contributed by atoms with Crippen molar-refractivity contribution >= 4 is 22.1 Å². The number of rotatable bonds is 6. The van der Waals surface area contributed by atoms with Gasteiger partial charge in [0.15, 0.2) is 0 Å². The monoisotopic (exact) mass is 288 g/mol. The molecule has 0 saturated carbocycles. The van der Waals surface area contributed by atoms with Crippen LogP contribution in [0.1, 0.15) is 20.3 Å². The molecule has 6 heteroatoms. The molecule has 3 N–H and O–H groups in total. The molecule has 0 bridgehead atoms. The lowest BCUT2D eigenvalue weighted by atomic mass is 10.0. The van der Waals surface area contributed by atoms with E-state index in [9.17, 15) is 10.1 Å². The van der Waals surface area contributed by atoms with E-state index >= 15 is 0 Å². The van der Waals surface area contributed by atoms with Gasteiger partial charge in [-0.3, -0.25) is 15.1 Å². The molecule has 1 aromatic heterocycles. The average molecular weight is 288 g/mol. The standard InChI is InChI=1S/C15H20N4O2/c1-10(2)7-11(8-16)18-14-3-4-15(19(20)21)12-5-6-17-9-13(12)14/h3-6,9-11,18H,7-8,16H2,1-2H3. The van der Waals surface area contributed by atoms with Gasteiger partial charge in [0, 0.05) is 42.1 Å². The average Bonchev–Trinajstić information content (AvgIpc) is 2.46. The molecule has 0 spiro atoms. The number of pyridine rings is 1. The Labute approximate surface area is 123 Å². The molecule has 1 atom stereocenters. The lowest BCUT2D eigenvalue weighted by molar-refractivity contribution is -0.383. The van der Waals surface area contributed by atoms with Crippen molar-refractivity contribution in [1.29, 1.82) is 0 Å². The smallest absolute Gasteiger partial charge is 0.277 e. The SMILES string of the molecule is CC(C)CC(CN)Nc1ccc([N+](=O)[O-])c2ccncc12. The maximum absolute atomic E-state index is 11.1. The van der Waals surface area contributed by atoms with Crippen molar-refractivity contribution in [2.75, 3.05) is 11.9 Å². The number of nitro groups is 1. The second-order valence-electron chi connectivity index (χ2n) is 5.52. The topological polar surface area (TPSA) is 94.1 Å². The maximum Gasteiger partial charge on any atom is 0.277 e. The number of nitrogens with one attached hydrogen (secondary N) is 1. The first-order chi connectivity index (χ1) is 10.0. The molecule has 1 heterocycles. The summed E-state index contributed by atoms with van der Waals surface area (Å²) in [6, 6.07) is 5.05. The number of fused-ring (bicyclic) bond motifs is 1. The van der Waals surface area contributed by atoms with Crippen molar-refractivity contribution < 1.29 is 4.92 Å². The lowest BCUT2D eigenvalue weighted by Gasteiger charge is -2.21. The van der Waals surface area contributed by atoms with Gasteiger partial charge in [-0.25, -0.2) is 0 Å². The first-order valence-electron chi connectivity index (χ1n) is 7.00. The second kappa shape index (κ2) is 6.49. The molecule has 0 fully saturated rings. The zero-order valence-electron chi connectivity index (χ0n) is 12.2. The van der Waals surface area contributed by atoms with Gasteiger partial charge >= 0.3 is 0 Å². The van der Waals surface area contributed by atoms with Gasteiger partial charge in [0.05, 0.1) is 10.3 Å². The minimum atomic E-state index is -0.374. The Kier molecular flexibility index (Phi) is 4.70. The van der Waals surface area contributed by atoms with E-state index in [2.05, 4.69) is 24.1 Å². The molecule has 0 aliphatic carbocycles. The third-order valence-electron chi connectivity index (χ3n) is 3.39. The molecule has 1 unspecified atom stereocenters. The van der Waals surface area contributed by atoms with Gasteiger partial charge in [0.2, 0.25) is 0 Å². The maximum atomic E-state index is 11.1. The fourth-order valence-electron chi connectivity index (χ4n) is 2.46. The summed E-state index contributed by atoms with van der Waals surface area (Å²) in [6.45, 7) is 4.79. The largest absolute Gasteiger partial charge is 0.380 e. The summed E-state index contributed by atoms with van der Waals surface area (Å²) in [5.74, 6) is 0.522. The molecule has 112 valence electrons. The van der Waals surface area contributed by atoms with Crippen LogP contribution in [0.2, 0.25) is 0 Å². The molecule has 2 aromatic rings. The summed E-state index contributed by atoms with van der Waals surface area (Å²) in [4.78, 5) is 14.8. The summed E-state index contributed by atoms with van der Waals surface area (Å²) < 4.78 is 0. The molecule has 1 aromatic carbocycles. The Morgan fingerprint density at radius 1 is 1.33 bits per heavy atom. The molecular weight excluding hydrogens is 268 g/mol. The van der Waals surface area contributed by atoms with Gasteiger partial charge in [-0.2, -0.15) is 0 Å². The highest BCUT2D eigenvalue weighted by atomic mass is 16.6. The third-order valence-corrected chi connectivity index (χ3v) is 3.39. The third kappa shape index (κ3) is 3.46. The Morgan fingerprint density at radius 2 is 2.10 bits per heavy atom. The van der Waals surface area contributed by atoms with E-state index in [0.717, 1.165) is 17.5 Å². The van der Waals surface area contributed by atoms with Gasteiger partial charge in [0.25, 0.3) is 5.69 Å². The number of aromatic nitrogens is 1. The predicted molar refractivity (Wildman–Crippen MR) is 84.3 cm³/mol. The van der Waals surface area contributed by atoms with Gasteiger partial charge < -0.3 is 11.1 Å². The van der Waals surface area contributed by atoms with E-state index in [0.29, 0.717) is 17.8 Å². The van der Waals surface area contributed by atoms with Crippen LogP contribution in [-0.4, -0.2) is 22.5 Å². The Balaban J connectivity index is 2.41. The van der Waals surface area contributed by atoms with Crippen LogP contribution in [0.15, 0.2) is 30.6 Å². The van der Waals surface area contributed by atoms with Gasteiger partial charge in [-0.05, 0) is 24.5 Å². The number of anilines is 1. The Hall–Kier alpha value is -2.21. The molecule has 2 rings (SSSR count). The summed E-state index contributed by atoms with van der Waals surface area (Å²) in [5, 5.41) is 15.8. The molecule has 6 nitrogen and oxygen atoms in total. The predicted octanol–water partition coefficient (Wildman–Crippen LogP) is 2.93. The van der Waals surface area contributed by atoms with Crippen LogP contribution in [0.5, 0.6) is 0 Å². The van der Waals surface area contributed by atoms with Gasteiger partial charge in [-0.15, -0.1) is 0 Å². The highest BCUT2D eigenvalue weighted by molar-refractivity contribution is 5.99. The highest BCUT2D eigenvalue weighted by Gasteiger charge is 2.16. The molecule has 0 saturated heterocycles. The number of nitro benzene ring substituents is 1. The Morgan fingerprint density at radius 3 is 2.71 bits per heavy atom. The minimum Gasteiger partial charge on any atom is -0.380 e. The first kappa shape index (κ1) is 15.2. The van der Waals surface area contributed by atoms with Crippen molar-refractivity contribution in [3.8, 4) is 0 Å². The van der Waals surface area contributed by atoms with Crippen molar-refractivity contribution in [2.45, 2.75) is 26.3 Å². The van der Waals surface area contributed by atoms with Crippen LogP contribution in [0.3, 0.4) is 0 Å². The molecule has 0 aliphatic heterocycles. The first-order valence-corrected chi connectivity index (χ1v) is 7.00. The van der Waals surface area contributed by atoms with E-state index < -0.39 is 0 Å². The summed E-state index contributed by atoms with van der Waals surface area (Å²) in [6.07, 6.45) is 4.15. The van der Waals surface area contributed by atoms with Gasteiger partial charge in [-0.1, -0.05) is 13.8 Å². The zero-order chi connectivity index (χ0) is 15.4. The quantitative estimate of drug-likeness (QED) is 0.629. The van der Waals surface area contributed by atoms with E-state index in [1.54, 1.807) is 24.5 Å². The number of hydrogen-bond acceptors (Lipinski definition) is 5. The van der Waals surface area contributed by atoms with Crippen LogP contribution < -0.4 is 11.1 Å². The second-order valence-corrected chi connectivity index (χ2v) is 5.52. The normalized spacial score (nSPS) is 12.6. The van der Waals surface area contributed by atoms with Crippen molar-refractivity contribution in [1.82, 2.24) is 4.98 Å². The summed E-state index contributed by atoms with van der Waals surface area (Å²) in [5.41, 5.74) is 6.73. The zero-order valence-corrected chi connectivity index (χ0v) is 12.2. The van der Waals surface area contributed by atoms with Crippen molar-refractivity contribution in [3.63, 3.8) is 0 Å². The number of benzene rings is 1. The van der Waals surface area contributed by atoms with Crippen LogP contribution in [-0.2, 0) is 0 Å². The lowest BCUT2D eigenvalue weighted by Crippen LogP contribution is -2.30. The molecule has 21 heavy (non-hydrogen) atoms. The summed E-state index contributed by atoms with van der Waals surface area (Å²) in [7, 11) is 0. The van der Waals surface area contributed by atoms with Crippen molar-refractivity contribution in [2.24, 2.45) is 11.7 Å². The molecule has 0 radical (unpaired) electrons. The molecule has 0 amide bonds. The van der Waals surface area contributed by atoms with Crippen LogP contribution in [0.4, 0.5) is 11.4 Å². The molecule has 0 aliphatic rings. The van der Waals surface area contributed by atoms with E-state index in [4.69, 9.17) is 5.73 Å². The number of nitrogens with zero attached hydrogens (tertiary/aromatic N) is 2. The van der Waals surface area contributed by atoms with Crippen molar-refractivity contribution in [3.05, 3.63) is 40.7 Å². The van der Waals surface area contributed by atoms with Gasteiger partial charge in [0.1, 0.15) is 0 Å². The van der Waals surface area contributed by atoms with E-state index in [1.807, 2.05) is 0 Å². The number of hydrogen-bond donors (Lipinski definition) is 2. The van der Waals surface area contributed by atoms with E-state index in [-0.39, 0.29) is 16.7 Å². The van der Waals surface area contributed by atoms with Crippen LogP contribution in [0.25, 0.3) is 10.8 Å². The minimum absolute atomic E-state index is 0.0890. The highest BCUT2D eigenvalue weighted by Crippen LogP contribution is 2.31. The molecular formula is C15H20N4O2. The van der Waals surface area contributed by atoms with E-state index in [1.165, 1.54) is 6.07 Å². The van der Waals surface area contributed by atoms with Crippen LogP contribution in [0, 0.1) is 16.0 Å². The van der Waals surface area contributed by atoms with Crippen LogP contribution >= 0.6 is 0 Å². The number of non-ortho nitro benzene ring substituents is 1. The Bertz CT molecular complexity index is 643. The fraction of sp³-hybridized carbons (Fsp3) is 0.400. The summed E-state index contributed by atoms with van der Waals surface area (Å²) >= 11 is 0. The fourth-order valence-corrected chi connectivity index (χ4v) is 2.46.